The van der Waals surface area contributed by atoms with Gasteiger partial charge in [0.05, 0.1) is 0 Å². The minimum atomic E-state index is -0.956. The van der Waals surface area contributed by atoms with Crippen molar-refractivity contribution < 1.29 is 14.7 Å². The zero-order valence-electron chi connectivity index (χ0n) is 19.1. The van der Waals surface area contributed by atoms with E-state index in [1.54, 1.807) is 0 Å². The maximum atomic E-state index is 11.8. The fraction of sp³-hybridized carbons (Fsp3) is 0.917. The van der Waals surface area contributed by atoms with Crippen molar-refractivity contribution in [3.63, 3.8) is 0 Å². The number of hydrogen-bond donors (Lipinski definition) is 3. The molecule has 0 aliphatic heterocycles. The fourth-order valence-electron chi connectivity index (χ4n) is 3.59. The second-order valence-electron chi connectivity index (χ2n) is 8.49. The van der Waals surface area contributed by atoms with Gasteiger partial charge in [0.2, 0.25) is 5.91 Å². The van der Waals surface area contributed by atoms with Crippen molar-refractivity contribution in [2.45, 2.75) is 135 Å². The van der Waals surface area contributed by atoms with E-state index < -0.39 is 12.0 Å². The van der Waals surface area contributed by atoms with Gasteiger partial charge in [0, 0.05) is 13.0 Å². The molecule has 0 aromatic rings. The lowest BCUT2D eigenvalue weighted by Gasteiger charge is -2.07. The van der Waals surface area contributed by atoms with Crippen LogP contribution in [0.2, 0.25) is 0 Å². The molecule has 0 radical (unpaired) electrons. The molecule has 0 aromatic carbocycles. The van der Waals surface area contributed by atoms with Crippen molar-refractivity contribution in [2.75, 3.05) is 6.54 Å². The van der Waals surface area contributed by atoms with Crippen LogP contribution in [0.3, 0.4) is 0 Å². The molecule has 0 aliphatic rings. The van der Waals surface area contributed by atoms with Gasteiger partial charge in [-0.3, -0.25) is 9.59 Å². The van der Waals surface area contributed by atoms with E-state index in [0.717, 1.165) is 25.7 Å². The summed E-state index contributed by atoms with van der Waals surface area (Å²) in [5, 5.41) is 11.6. The highest BCUT2D eigenvalue weighted by atomic mass is 16.4. The summed E-state index contributed by atoms with van der Waals surface area (Å²) in [7, 11) is 0. The molecule has 0 rings (SSSR count). The summed E-state index contributed by atoms with van der Waals surface area (Å²) in [5.41, 5.74) is 5.44. The van der Waals surface area contributed by atoms with Gasteiger partial charge in [0.1, 0.15) is 6.04 Å². The van der Waals surface area contributed by atoms with Gasteiger partial charge in [-0.15, -0.1) is 0 Å². The van der Waals surface area contributed by atoms with Crippen LogP contribution in [0.4, 0.5) is 0 Å². The van der Waals surface area contributed by atoms with E-state index in [1.165, 1.54) is 83.5 Å². The van der Waals surface area contributed by atoms with Crippen molar-refractivity contribution in [3.05, 3.63) is 0 Å². The van der Waals surface area contributed by atoms with E-state index in [4.69, 9.17) is 10.8 Å². The van der Waals surface area contributed by atoms with Crippen molar-refractivity contribution in [1.82, 2.24) is 5.32 Å². The number of nitrogens with two attached hydrogens (primary N) is 1. The standard InChI is InChI=1S/C24H48N2O3/c1-2-3-4-5-6-7-8-9-10-11-12-13-14-15-16-20-23(27)26-21-18-17-19-22(25)24(28)29/h22H,2-21,25H2,1H3,(H,26,27)(H,28,29). The van der Waals surface area contributed by atoms with Gasteiger partial charge < -0.3 is 16.2 Å². The second kappa shape index (κ2) is 21.6. The number of unbranched alkanes of at least 4 members (excludes halogenated alkanes) is 15. The summed E-state index contributed by atoms with van der Waals surface area (Å²) >= 11 is 0. The second-order valence-corrected chi connectivity index (χ2v) is 8.49. The zero-order chi connectivity index (χ0) is 21.6. The Morgan fingerprint density at radius 2 is 1.17 bits per heavy atom. The average molecular weight is 413 g/mol. The van der Waals surface area contributed by atoms with Gasteiger partial charge in [0.25, 0.3) is 0 Å². The number of carboxylic acid groups (broad SMARTS) is 1. The zero-order valence-corrected chi connectivity index (χ0v) is 19.1. The highest BCUT2D eigenvalue weighted by Gasteiger charge is 2.10. The molecular formula is C24H48N2O3. The number of carbonyl (C=O) groups is 2. The first-order chi connectivity index (χ1) is 14.1. The third-order valence-electron chi connectivity index (χ3n) is 5.59. The lowest BCUT2D eigenvalue weighted by molar-refractivity contribution is -0.138. The summed E-state index contributed by atoms with van der Waals surface area (Å²) in [6.45, 7) is 2.88. The Morgan fingerprint density at radius 3 is 1.62 bits per heavy atom. The summed E-state index contributed by atoms with van der Waals surface area (Å²) in [6, 6.07) is -0.786. The third-order valence-corrected chi connectivity index (χ3v) is 5.59. The number of carboxylic acids is 1. The summed E-state index contributed by atoms with van der Waals surface area (Å²) in [4.78, 5) is 22.3. The minimum Gasteiger partial charge on any atom is -0.480 e. The van der Waals surface area contributed by atoms with Crippen LogP contribution in [-0.4, -0.2) is 29.6 Å². The van der Waals surface area contributed by atoms with E-state index in [-0.39, 0.29) is 5.91 Å². The Bertz CT molecular complexity index is 388. The van der Waals surface area contributed by atoms with E-state index in [1.807, 2.05) is 0 Å². The van der Waals surface area contributed by atoms with Gasteiger partial charge in [-0.2, -0.15) is 0 Å². The van der Waals surface area contributed by atoms with Gasteiger partial charge in [0.15, 0.2) is 0 Å². The third kappa shape index (κ3) is 21.4. The van der Waals surface area contributed by atoms with Crippen LogP contribution in [0.25, 0.3) is 0 Å². The maximum absolute atomic E-state index is 11.8. The predicted molar refractivity (Wildman–Crippen MR) is 122 cm³/mol. The molecule has 0 saturated heterocycles. The Hall–Kier alpha value is -1.10. The maximum Gasteiger partial charge on any atom is 0.320 e. The normalized spacial score (nSPS) is 12.1. The molecule has 0 fully saturated rings. The number of carbonyl (C=O) groups excluding carboxylic acids is 1. The van der Waals surface area contributed by atoms with Gasteiger partial charge in [-0.1, -0.05) is 96.8 Å². The Balaban J connectivity index is 3.20. The first-order valence-corrected chi connectivity index (χ1v) is 12.3. The molecule has 1 atom stereocenters. The van der Waals surface area contributed by atoms with Crippen LogP contribution in [0.1, 0.15) is 129 Å². The van der Waals surface area contributed by atoms with E-state index in [2.05, 4.69) is 12.2 Å². The SMILES string of the molecule is CCCCCCCCCCCCCCCCCC(=O)NCCCCC(N)C(=O)O. The molecule has 29 heavy (non-hydrogen) atoms. The quantitative estimate of drug-likeness (QED) is 0.192. The smallest absolute Gasteiger partial charge is 0.320 e. The van der Waals surface area contributed by atoms with Crippen LogP contribution < -0.4 is 11.1 Å². The first kappa shape index (κ1) is 27.9. The van der Waals surface area contributed by atoms with Gasteiger partial charge >= 0.3 is 5.97 Å². The molecule has 1 unspecified atom stereocenters. The largest absolute Gasteiger partial charge is 0.480 e. The summed E-state index contributed by atoms with van der Waals surface area (Å²) < 4.78 is 0. The highest BCUT2D eigenvalue weighted by molar-refractivity contribution is 5.75. The van der Waals surface area contributed by atoms with Crippen molar-refractivity contribution in [1.29, 1.82) is 0 Å². The molecule has 0 bridgehead atoms. The molecule has 5 heteroatoms. The number of hydrogen-bond acceptors (Lipinski definition) is 3. The number of nitrogens with one attached hydrogen (secondary N) is 1. The molecule has 0 saturated carbocycles. The Labute approximate surface area is 179 Å². The van der Waals surface area contributed by atoms with E-state index >= 15 is 0 Å². The predicted octanol–water partition coefficient (Wildman–Crippen LogP) is 5.95. The van der Waals surface area contributed by atoms with Crippen molar-refractivity contribution in [2.24, 2.45) is 5.73 Å². The van der Waals surface area contributed by atoms with Crippen molar-refractivity contribution in [3.8, 4) is 0 Å². The molecule has 4 N–H and O–H groups in total. The molecular weight excluding hydrogens is 364 g/mol. The number of rotatable bonds is 22. The fourth-order valence-corrected chi connectivity index (χ4v) is 3.59. The van der Waals surface area contributed by atoms with Gasteiger partial charge in [-0.05, 0) is 25.7 Å². The first-order valence-electron chi connectivity index (χ1n) is 12.3. The van der Waals surface area contributed by atoms with Crippen molar-refractivity contribution >= 4 is 11.9 Å². The minimum absolute atomic E-state index is 0.113. The van der Waals surface area contributed by atoms with E-state index in [9.17, 15) is 9.59 Å². The van der Waals surface area contributed by atoms with E-state index in [0.29, 0.717) is 19.4 Å². The molecule has 0 aromatic heterocycles. The Kier molecular flexibility index (Phi) is 20.8. The van der Waals surface area contributed by atoms with Crippen LogP contribution in [0.15, 0.2) is 0 Å². The molecule has 0 aliphatic carbocycles. The summed E-state index contributed by atoms with van der Waals surface area (Å²) in [6.07, 6.45) is 22.5. The van der Waals surface area contributed by atoms with Crippen LogP contribution in [0.5, 0.6) is 0 Å². The Morgan fingerprint density at radius 1 is 0.724 bits per heavy atom. The van der Waals surface area contributed by atoms with Crippen LogP contribution in [0, 0.1) is 0 Å². The molecule has 5 nitrogen and oxygen atoms in total. The molecule has 0 heterocycles. The lowest BCUT2D eigenvalue weighted by atomic mass is 10.0. The average Bonchev–Trinajstić information content (AvgIpc) is 2.70. The van der Waals surface area contributed by atoms with Gasteiger partial charge in [-0.25, -0.2) is 0 Å². The lowest BCUT2D eigenvalue weighted by Crippen LogP contribution is -2.30. The molecule has 1 amide bonds. The topological polar surface area (TPSA) is 92.4 Å². The number of aliphatic carboxylic acids is 1. The summed E-state index contributed by atoms with van der Waals surface area (Å²) in [5.74, 6) is -0.843. The highest BCUT2D eigenvalue weighted by Crippen LogP contribution is 2.13. The van der Waals surface area contributed by atoms with Crippen LogP contribution >= 0.6 is 0 Å². The molecule has 0 spiro atoms. The number of amides is 1. The molecule has 172 valence electrons. The monoisotopic (exact) mass is 412 g/mol. The van der Waals surface area contributed by atoms with Crippen LogP contribution in [-0.2, 0) is 9.59 Å².